The van der Waals surface area contributed by atoms with Crippen LogP contribution in [0.1, 0.15) is 112 Å². The van der Waals surface area contributed by atoms with Crippen LogP contribution in [0, 0.1) is 12.0 Å². The van der Waals surface area contributed by atoms with Crippen molar-refractivity contribution in [3.05, 3.63) is 299 Å². The van der Waals surface area contributed by atoms with Crippen LogP contribution in [0.4, 0.5) is 0 Å². The Balaban J connectivity index is 0.000000159. The number of fused-ring (bicyclic) bond motifs is 21. The number of carboxylic acid groups (broad SMARTS) is 2. The molecule has 4 fully saturated rings. The van der Waals surface area contributed by atoms with E-state index in [0.29, 0.717) is 80.9 Å². The predicted molar refractivity (Wildman–Crippen MR) is 429 cm³/mol. The van der Waals surface area contributed by atoms with Crippen LogP contribution in [0.3, 0.4) is 0 Å². The number of likely N-dealkylation sites (tertiary alicyclic amines) is 4. The molecule has 4 saturated heterocycles. The Kier molecular flexibility index (Phi) is 29.4. The molecule has 0 aromatic heterocycles. The smallest absolute Gasteiger partial charge is 1.00 e. The quantitative estimate of drug-likeness (QED) is 0.150. The third kappa shape index (κ3) is 18.4. The molecule has 0 saturated carbocycles. The summed E-state index contributed by atoms with van der Waals surface area (Å²) in [4.78, 5) is 66.4. The van der Waals surface area contributed by atoms with Gasteiger partial charge in [-0.15, -0.1) is 0 Å². The summed E-state index contributed by atoms with van der Waals surface area (Å²) in [6.45, 7) is 5.84. The normalized spacial score (nSPS) is 21.7. The number of halogens is 6. The summed E-state index contributed by atoms with van der Waals surface area (Å²) in [7, 11) is 9.66. The van der Waals surface area contributed by atoms with Gasteiger partial charge in [0.2, 0.25) is 23.5 Å². The minimum atomic E-state index is -1.08. The average Bonchev–Trinajstić information content (AvgIpc) is 1.62. The van der Waals surface area contributed by atoms with Gasteiger partial charge in [-0.1, -0.05) is 131 Å². The zero-order valence-electron chi connectivity index (χ0n) is 63.7. The second-order valence-electron chi connectivity index (χ2n) is 28.4. The number of benzene rings is 9. The topological polar surface area (TPSA) is 204 Å². The molecule has 113 heavy (non-hydrogen) atoms. The van der Waals surface area contributed by atoms with E-state index < -0.39 is 17.9 Å². The van der Waals surface area contributed by atoms with Crippen LogP contribution in [-0.2, 0) is 24.0 Å². The van der Waals surface area contributed by atoms with Gasteiger partial charge in [0.1, 0.15) is 69.5 Å². The minimum absolute atomic E-state index is 0. The number of rotatable bonds is 3. The number of aliphatic carboxylic acids is 2. The van der Waals surface area contributed by atoms with Crippen molar-refractivity contribution < 1.29 is 125 Å². The zero-order valence-corrected chi connectivity index (χ0v) is 69.3. The van der Waals surface area contributed by atoms with Gasteiger partial charge in [0, 0.05) is 159 Å². The summed E-state index contributed by atoms with van der Waals surface area (Å²) in [6, 6.07) is 59.5. The molecule has 572 valence electrons. The second kappa shape index (κ2) is 37.9. The summed E-state index contributed by atoms with van der Waals surface area (Å²) < 4.78 is 30.3. The first-order valence-electron chi connectivity index (χ1n) is 35.9. The summed E-state index contributed by atoms with van der Waals surface area (Å²) in [5.41, 5.74) is 9.96. The molecule has 17 nitrogen and oxygen atoms in total. The first-order valence-corrected chi connectivity index (χ1v) is 37.7. The first-order chi connectivity index (χ1) is 52.5. The van der Waals surface area contributed by atoms with Gasteiger partial charge >= 0.3 is 54.4 Å². The Morgan fingerprint density at radius 2 is 0.779 bits per heavy atom. The van der Waals surface area contributed by atoms with Crippen LogP contribution in [0.2, 0.25) is 25.1 Å². The number of ether oxygens (including phenoxy) is 5. The Morgan fingerprint density at radius 1 is 0.469 bits per heavy atom. The monoisotopic (exact) mass is 1650 g/mol. The third-order valence-corrected chi connectivity index (χ3v) is 22.6. The molecule has 9 aromatic rings. The second-order valence-corrected chi connectivity index (χ2v) is 30.6. The number of quaternary nitrogens is 1. The standard InChI is InChI=1S/C17H16ClNO3.2C17H14ClNO2.C17H13ClNO2.C17H16ClNO.C2H4O2.Al.ClH.Li.Na.4H/c1-19-9-13-11-4-2-3-5-14(11)22-15-7-6-10(18)8-12(15)16(13)17(20)21;3*1-19-9-13-11-4-2-3-5-14(11)21-15-7-6-10(18)8-12(15)16(13)17(19)20;1-19-9-14-12-4-2-3-5-16(12)20-17-7-6-11(18)8-13(17)15(14)10-19;1-2(3)4;;;;;;;;/h2-8,13,16,19H,9H2,1H3,(H,20,21);2*2-8,13,16H,9H2,1H3;3-8,13,16H,9H2,1H3;2-8,14-15H,9-10H2,1H3;1H3,(H,3,4);;1H;;;;;;/q;;;+1;;;;;2*+1;;;;-1/p-1/t13-,16-;13-,16+;2*13-,16-;14-,15-;;;;;;;;;/m01000........./s1. The van der Waals surface area contributed by atoms with E-state index in [0.717, 1.165) is 104 Å². The van der Waals surface area contributed by atoms with Crippen LogP contribution < -0.4 is 94.9 Å². The molecule has 19 rings (SSSR count). The average molecular weight is 1660 g/mol. The van der Waals surface area contributed by atoms with Gasteiger partial charge in [0.05, 0.1) is 55.2 Å². The van der Waals surface area contributed by atoms with Crippen LogP contribution in [0.5, 0.6) is 51.7 Å². The molecule has 9 aliphatic heterocycles. The Morgan fingerprint density at radius 3 is 1.19 bits per heavy atom. The van der Waals surface area contributed by atoms with Crippen molar-refractivity contribution in [2.45, 2.75) is 60.2 Å². The fourth-order valence-electron chi connectivity index (χ4n) is 16.7. The molecule has 9 heterocycles. The Labute approximate surface area is 734 Å². The molecule has 10 aliphatic rings. The van der Waals surface area contributed by atoms with Gasteiger partial charge in [-0.25, -0.2) is 0 Å². The van der Waals surface area contributed by atoms with Crippen LogP contribution in [0.25, 0.3) is 0 Å². The van der Waals surface area contributed by atoms with E-state index in [1.165, 1.54) is 11.1 Å². The number of carboxylic acids is 2. The fraction of sp³-hybridized carbons (Fsp3) is 0.253. The largest absolute Gasteiger partial charge is 1.00 e. The maximum Gasteiger partial charge on any atom is 1.00 e. The number of para-hydroxylation sites is 4. The molecule has 1 aliphatic carbocycles. The SMILES string of the molecule is CC(=O)[O-].CN1C[C@@H]2c3ccccc3Oc3ccc(Cl)cc3[C@@H]2C1=O.CN1C[C@H]2C3=C(C=C[C+]=C3)Oc3ccc(Cl)cc3[C@@H]2C1=O.CN1C[C@H]2c3ccccc3Oc3ccc(Cl)cc3[C@@H]2C1.CN1C[C@H]2c3ccccc3Oc3ccc(Cl)cc3[C@@H]2C1=O.C[NH2+]C[C@H]1c2ccccc2Oc2ccc(Cl)cc2[C@@H]1C(=O)O.[AlH3].[Cl-].[H-].[Li+].[Na+]. The molecule has 0 spiro atoms. The van der Waals surface area contributed by atoms with E-state index in [4.69, 9.17) is 91.6 Å². The number of nitrogens with zero attached hydrogens (tertiary/aromatic N) is 4. The van der Waals surface area contributed by atoms with Crippen molar-refractivity contribution in [3.63, 3.8) is 0 Å². The van der Waals surface area contributed by atoms with E-state index >= 15 is 0 Å². The third-order valence-electron chi connectivity index (χ3n) is 21.4. The summed E-state index contributed by atoms with van der Waals surface area (Å²) in [5.74, 6) is 5.95. The van der Waals surface area contributed by atoms with Gasteiger partial charge in [-0.2, -0.15) is 0 Å². The summed E-state index contributed by atoms with van der Waals surface area (Å²) in [6.07, 6.45) is 8.75. The molecule has 3 amide bonds. The van der Waals surface area contributed by atoms with Gasteiger partial charge in [-0.3, -0.25) is 19.2 Å². The number of hydrogen-bond donors (Lipinski definition) is 2. The molecule has 10 atom stereocenters. The number of hydrogen-bond acceptors (Lipinski definition) is 12. The molecular weight excluding hydrogens is 1580 g/mol. The summed E-state index contributed by atoms with van der Waals surface area (Å²) >= 11 is 30.7. The number of allylic oxidation sites excluding steroid dienone is 4. The molecule has 0 bridgehead atoms. The number of carbonyl (C=O) groups excluding carboxylic acids is 4. The number of nitrogens with two attached hydrogens (primary N) is 1. The van der Waals surface area contributed by atoms with Crippen molar-refractivity contribution in [3.8, 4) is 51.7 Å². The van der Waals surface area contributed by atoms with E-state index in [-0.39, 0.29) is 139 Å². The minimum Gasteiger partial charge on any atom is -1.00 e. The van der Waals surface area contributed by atoms with E-state index in [2.05, 4.69) is 42.3 Å². The fourth-order valence-corrected chi connectivity index (χ4v) is 17.6. The van der Waals surface area contributed by atoms with Crippen molar-refractivity contribution in [2.75, 3.05) is 74.5 Å². The first kappa shape index (κ1) is 87.6. The van der Waals surface area contributed by atoms with Crippen molar-refractivity contribution >= 4 is 105 Å². The number of likely N-dealkylation sites (N-methyl/N-ethyl adjacent to an activating group) is 5. The van der Waals surface area contributed by atoms with E-state index in [1.807, 2.05) is 179 Å². The maximum atomic E-state index is 12.6. The van der Waals surface area contributed by atoms with Crippen molar-refractivity contribution in [1.82, 2.24) is 19.6 Å². The van der Waals surface area contributed by atoms with Crippen LogP contribution in [0.15, 0.2) is 218 Å². The molecule has 0 unspecified atom stereocenters. The molecule has 0 radical (unpaired) electrons. The predicted octanol–water partition coefficient (Wildman–Crippen LogP) is 6.20. The molecule has 9 aromatic carbocycles. The van der Waals surface area contributed by atoms with E-state index in [1.54, 1.807) is 51.1 Å². The molecule has 26 heteroatoms. The Hall–Kier alpha value is -7.75. The zero-order chi connectivity index (χ0) is 76.6. The van der Waals surface area contributed by atoms with Gasteiger partial charge in [0.15, 0.2) is 17.4 Å². The maximum absolute atomic E-state index is 12.6. The van der Waals surface area contributed by atoms with Crippen molar-refractivity contribution in [1.29, 1.82) is 0 Å². The van der Waals surface area contributed by atoms with Crippen LogP contribution in [-0.4, -0.2) is 146 Å². The summed E-state index contributed by atoms with van der Waals surface area (Å²) in [5, 5.41) is 23.9. The number of amides is 3. The van der Waals surface area contributed by atoms with Crippen molar-refractivity contribution in [2.24, 2.45) is 5.92 Å². The van der Waals surface area contributed by atoms with Gasteiger partial charge in [0.25, 0.3) is 0 Å². The van der Waals surface area contributed by atoms with Gasteiger partial charge in [-0.05, 0) is 135 Å². The van der Waals surface area contributed by atoms with E-state index in [9.17, 15) is 24.3 Å². The van der Waals surface area contributed by atoms with Crippen LogP contribution >= 0.6 is 58.0 Å². The van der Waals surface area contributed by atoms with Gasteiger partial charge < -0.3 is 77.4 Å². The molecule has 3 N–H and O–H groups in total. The Bertz CT molecular complexity index is 5070. The molecular formula is C87H81AlCl6LiN5NaO12+. The number of carbonyl (C=O) groups is 5.